The second-order valence-electron chi connectivity index (χ2n) is 4.78. The predicted molar refractivity (Wildman–Crippen MR) is 96.0 cm³/mol. The van der Waals surface area contributed by atoms with Crippen molar-refractivity contribution in [3.05, 3.63) is 39.3 Å². The number of amides is 1. The maximum Gasteiger partial charge on any atom is 0.258 e. The summed E-state index contributed by atoms with van der Waals surface area (Å²) in [5, 5.41) is 4.92. The van der Waals surface area contributed by atoms with E-state index in [2.05, 4.69) is 31.0 Å². The molecule has 0 unspecified atom stereocenters. The van der Waals surface area contributed by atoms with Gasteiger partial charge in [0.1, 0.15) is 0 Å². The molecule has 0 atom stereocenters. The fourth-order valence-electron chi connectivity index (χ4n) is 1.78. The summed E-state index contributed by atoms with van der Waals surface area (Å²) in [6.45, 7) is 2.22. The van der Waals surface area contributed by atoms with Crippen molar-refractivity contribution in [1.82, 2.24) is 9.71 Å². The number of carbonyl (C=O) groups is 1. The monoisotopic (exact) mass is 433 g/mol. The summed E-state index contributed by atoms with van der Waals surface area (Å²) in [6.07, 6.45) is 0. The molecule has 0 aliphatic carbocycles. The van der Waals surface area contributed by atoms with Gasteiger partial charge in [0.25, 0.3) is 5.91 Å². The molecule has 7 nitrogen and oxygen atoms in total. The van der Waals surface area contributed by atoms with E-state index in [-0.39, 0.29) is 23.6 Å². The lowest BCUT2D eigenvalue weighted by molar-refractivity contribution is 0.102. The van der Waals surface area contributed by atoms with Gasteiger partial charge in [-0.1, -0.05) is 0 Å². The smallest absolute Gasteiger partial charge is 0.258 e. The molecule has 0 aliphatic heterocycles. The number of methoxy groups -OCH3 is 1. The zero-order chi connectivity index (χ0) is 17.7. The second kappa shape index (κ2) is 8.17. The number of anilines is 1. The minimum Gasteiger partial charge on any atom is -0.383 e. The molecule has 0 saturated carbocycles. The highest BCUT2D eigenvalue weighted by Crippen LogP contribution is 2.23. The van der Waals surface area contributed by atoms with Crippen molar-refractivity contribution in [1.29, 1.82) is 0 Å². The molecule has 1 amide bonds. The van der Waals surface area contributed by atoms with E-state index in [1.54, 1.807) is 0 Å². The van der Waals surface area contributed by atoms with Crippen molar-refractivity contribution in [3.63, 3.8) is 0 Å². The normalized spacial score (nSPS) is 11.5. The van der Waals surface area contributed by atoms with E-state index >= 15 is 0 Å². The first-order chi connectivity index (χ1) is 11.3. The van der Waals surface area contributed by atoms with Gasteiger partial charge in [0.15, 0.2) is 5.13 Å². The van der Waals surface area contributed by atoms with Gasteiger partial charge in [-0.05, 0) is 41.1 Å². The molecule has 0 fully saturated rings. The van der Waals surface area contributed by atoms with Gasteiger partial charge in [-0.2, -0.15) is 0 Å². The summed E-state index contributed by atoms with van der Waals surface area (Å²) in [4.78, 5) is 16.5. The molecule has 1 aromatic carbocycles. The number of aryl methyl sites for hydroxylation is 1. The Labute approximate surface area is 152 Å². The van der Waals surface area contributed by atoms with E-state index in [1.165, 1.54) is 36.6 Å². The maximum atomic E-state index is 12.4. The third kappa shape index (κ3) is 4.84. The zero-order valence-electron chi connectivity index (χ0n) is 13.0. The molecule has 0 radical (unpaired) electrons. The van der Waals surface area contributed by atoms with Crippen LogP contribution in [-0.4, -0.2) is 39.6 Å². The van der Waals surface area contributed by atoms with Gasteiger partial charge in [0, 0.05) is 23.5 Å². The Morgan fingerprint density at radius 1 is 1.42 bits per heavy atom. The Morgan fingerprint density at radius 2 is 2.17 bits per heavy atom. The summed E-state index contributed by atoms with van der Waals surface area (Å²) in [5.74, 6) is -0.440. The van der Waals surface area contributed by atoms with Crippen LogP contribution in [0.25, 0.3) is 0 Å². The number of benzene rings is 1. The molecule has 24 heavy (non-hydrogen) atoms. The van der Waals surface area contributed by atoms with Crippen molar-refractivity contribution in [2.75, 3.05) is 25.6 Å². The van der Waals surface area contributed by atoms with Gasteiger partial charge in [-0.3, -0.25) is 10.1 Å². The van der Waals surface area contributed by atoms with Crippen LogP contribution in [-0.2, 0) is 14.8 Å². The number of ether oxygens (including phenoxy) is 1. The average molecular weight is 434 g/mol. The predicted octanol–water partition coefficient (Wildman–Crippen LogP) is 2.39. The summed E-state index contributed by atoms with van der Waals surface area (Å²) in [5.41, 5.74) is 1.01. The standard InChI is InChI=1S/C14H16BrN3O4S2/c1-9-8-23-14(17-9)18-13(19)11-7-10(3-4-12(11)15)24(20,21)16-5-6-22-2/h3-4,7-8,16H,5-6H2,1-2H3,(H,17,18,19). The van der Waals surface area contributed by atoms with E-state index in [0.29, 0.717) is 9.60 Å². The number of hydrogen-bond donors (Lipinski definition) is 2. The molecule has 0 spiro atoms. The molecule has 2 rings (SSSR count). The van der Waals surface area contributed by atoms with Gasteiger partial charge < -0.3 is 4.74 Å². The van der Waals surface area contributed by atoms with Crippen LogP contribution in [0.4, 0.5) is 5.13 Å². The molecular weight excluding hydrogens is 418 g/mol. The quantitative estimate of drug-likeness (QED) is 0.653. The summed E-state index contributed by atoms with van der Waals surface area (Å²) < 4.78 is 32.2. The lowest BCUT2D eigenvalue weighted by Gasteiger charge is -2.09. The molecule has 130 valence electrons. The number of halogens is 1. The third-order valence-corrected chi connectivity index (χ3v) is 5.96. The molecule has 0 bridgehead atoms. The van der Waals surface area contributed by atoms with Gasteiger partial charge in [-0.15, -0.1) is 11.3 Å². The second-order valence-corrected chi connectivity index (χ2v) is 8.26. The fourth-order valence-corrected chi connectivity index (χ4v) is 3.93. The third-order valence-electron chi connectivity index (χ3n) is 2.93. The molecule has 2 aromatic rings. The van der Waals surface area contributed by atoms with Gasteiger partial charge in [-0.25, -0.2) is 18.1 Å². The summed E-state index contributed by atoms with van der Waals surface area (Å²) >= 11 is 4.57. The lowest BCUT2D eigenvalue weighted by Crippen LogP contribution is -2.27. The number of rotatable bonds is 7. The molecule has 2 N–H and O–H groups in total. The van der Waals surface area contributed by atoms with Crippen LogP contribution < -0.4 is 10.0 Å². The van der Waals surface area contributed by atoms with Crippen LogP contribution in [0.1, 0.15) is 16.1 Å². The number of thiazole rings is 1. The number of carbonyl (C=O) groups excluding carboxylic acids is 1. The SMILES string of the molecule is COCCNS(=O)(=O)c1ccc(Br)c(C(=O)Nc2nc(C)cs2)c1. The molecule has 0 aliphatic rings. The first kappa shape index (κ1) is 19.0. The highest BCUT2D eigenvalue weighted by atomic mass is 79.9. The first-order valence-electron chi connectivity index (χ1n) is 6.85. The van der Waals surface area contributed by atoms with Crippen molar-refractivity contribution in [3.8, 4) is 0 Å². The van der Waals surface area contributed by atoms with Gasteiger partial charge in [0.2, 0.25) is 10.0 Å². The minimum atomic E-state index is -3.72. The van der Waals surface area contributed by atoms with Gasteiger partial charge in [0.05, 0.1) is 22.8 Å². The molecular formula is C14H16BrN3O4S2. The van der Waals surface area contributed by atoms with Crippen LogP contribution in [0.5, 0.6) is 0 Å². The Hall–Kier alpha value is -1.33. The molecule has 1 aromatic heterocycles. The van der Waals surface area contributed by atoms with Crippen molar-refractivity contribution >= 4 is 48.3 Å². The average Bonchev–Trinajstić information content (AvgIpc) is 2.92. The van der Waals surface area contributed by atoms with Crippen LogP contribution >= 0.6 is 27.3 Å². The van der Waals surface area contributed by atoms with Crippen LogP contribution in [0.2, 0.25) is 0 Å². The number of hydrogen-bond acceptors (Lipinski definition) is 6. The highest BCUT2D eigenvalue weighted by Gasteiger charge is 2.19. The maximum absolute atomic E-state index is 12.4. The minimum absolute atomic E-state index is 0.00210. The van der Waals surface area contributed by atoms with E-state index < -0.39 is 15.9 Å². The Balaban J connectivity index is 2.23. The number of sulfonamides is 1. The largest absolute Gasteiger partial charge is 0.383 e. The van der Waals surface area contributed by atoms with E-state index in [0.717, 1.165) is 5.69 Å². The van der Waals surface area contributed by atoms with E-state index in [4.69, 9.17) is 4.74 Å². The van der Waals surface area contributed by atoms with Crippen molar-refractivity contribution < 1.29 is 17.9 Å². The number of nitrogens with one attached hydrogen (secondary N) is 2. The van der Waals surface area contributed by atoms with E-state index in [1.807, 2.05) is 12.3 Å². The summed E-state index contributed by atoms with van der Waals surface area (Å²) in [7, 11) is -2.24. The van der Waals surface area contributed by atoms with E-state index in [9.17, 15) is 13.2 Å². The molecule has 0 saturated heterocycles. The Bertz CT molecular complexity index is 836. The number of aromatic nitrogens is 1. The molecule has 1 heterocycles. The van der Waals surface area contributed by atoms with Crippen molar-refractivity contribution in [2.24, 2.45) is 0 Å². The van der Waals surface area contributed by atoms with Crippen LogP contribution in [0, 0.1) is 6.92 Å². The van der Waals surface area contributed by atoms with Gasteiger partial charge >= 0.3 is 0 Å². The topological polar surface area (TPSA) is 97.4 Å². The first-order valence-corrected chi connectivity index (χ1v) is 10.0. The summed E-state index contributed by atoms with van der Waals surface area (Å²) in [6, 6.07) is 4.26. The fraction of sp³-hybridized carbons (Fsp3) is 0.286. The van der Waals surface area contributed by atoms with Crippen molar-refractivity contribution in [2.45, 2.75) is 11.8 Å². The zero-order valence-corrected chi connectivity index (χ0v) is 16.2. The van der Waals surface area contributed by atoms with Crippen LogP contribution in [0.3, 0.4) is 0 Å². The molecule has 10 heteroatoms. The lowest BCUT2D eigenvalue weighted by atomic mass is 10.2. The highest BCUT2D eigenvalue weighted by molar-refractivity contribution is 9.10. The van der Waals surface area contributed by atoms with Crippen LogP contribution in [0.15, 0.2) is 32.9 Å². The number of nitrogens with zero attached hydrogens (tertiary/aromatic N) is 1. The Kier molecular flexibility index (Phi) is 6.47. The Morgan fingerprint density at radius 3 is 2.79 bits per heavy atom.